The normalized spacial score (nSPS) is 20.9. The van der Waals surface area contributed by atoms with Crippen LogP contribution in [0, 0.1) is 0 Å². The van der Waals surface area contributed by atoms with E-state index in [1.54, 1.807) is 24.3 Å². The van der Waals surface area contributed by atoms with Crippen LogP contribution in [0.3, 0.4) is 0 Å². The van der Waals surface area contributed by atoms with Gasteiger partial charge in [-0.3, -0.25) is 10.3 Å². The smallest absolute Gasteiger partial charge is 0.160 e. The number of methoxy groups -OCH3 is 1. The van der Waals surface area contributed by atoms with Gasteiger partial charge in [0.25, 0.3) is 0 Å². The highest BCUT2D eigenvalue weighted by Gasteiger charge is 2.42. The van der Waals surface area contributed by atoms with E-state index in [0.717, 1.165) is 49.5 Å². The first-order valence-corrected chi connectivity index (χ1v) is 17.0. The Kier molecular flexibility index (Phi) is 8.48. The van der Waals surface area contributed by atoms with Crippen molar-refractivity contribution in [2.75, 3.05) is 40.6 Å². The third-order valence-corrected chi connectivity index (χ3v) is 10.4. The summed E-state index contributed by atoms with van der Waals surface area (Å²) in [6, 6.07) is 17.1. The van der Waals surface area contributed by atoms with Gasteiger partial charge in [-0.25, -0.2) is 0 Å². The number of aliphatic hydroxyl groups excluding tert-OH is 2. The minimum atomic E-state index is -0.851. The minimum absolute atomic E-state index is 0.0115. The van der Waals surface area contributed by atoms with Crippen molar-refractivity contribution >= 4 is 12.2 Å². The number of aliphatic hydroxyl groups is 2. The first-order valence-electron chi connectivity index (χ1n) is 17.0. The molecule has 0 radical (unpaired) electrons. The molecule has 50 heavy (non-hydrogen) atoms. The lowest BCUT2D eigenvalue weighted by Gasteiger charge is -2.41. The largest absolute Gasteiger partial charge is 0.507 e. The van der Waals surface area contributed by atoms with E-state index in [2.05, 4.69) is 40.7 Å². The van der Waals surface area contributed by atoms with Crippen LogP contribution in [0.4, 0.5) is 0 Å². The lowest BCUT2D eigenvalue weighted by molar-refractivity contribution is -0.0429. The Bertz CT molecular complexity index is 2130. The second-order valence-electron chi connectivity index (χ2n) is 13.2. The van der Waals surface area contributed by atoms with Crippen LogP contribution in [0.15, 0.2) is 65.7 Å². The second-order valence-corrected chi connectivity index (χ2v) is 13.2. The van der Waals surface area contributed by atoms with Gasteiger partial charge in [-0.05, 0) is 82.8 Å². The van der Waals surface area contributed by atoms with E-state index in [0.29, 0.717) is 43.4 Å². The third kappa shape index (κ3) is 5.39. The van der Waals surface area contributed by atoms with Crippen LogP contribution in [-0.2, 0) is 17.6 Å². The highest BCUT2D eigenvalue weighted by atomic mass is 16.6. The number of hydrogen-bond donors (Lipinski definition) is 5. The molecule has 258 valence electrons. The molecule has 2 heterocycles. The number of fused-ring (bicyclic) bond motifs is 5. The molecule has 2 aliphatic carbocycles. The van der Waals surface area contributed by atoms with Crippen molar-refractivity contribution in [3.8, 4) is 39.9 Å². The number of nitrogens with zero attached hydrogens (tertiary/aromatic N) is 1. The van der Waals surface area contributed by atoms with Gasteiger partial charge in [0.2, 0.25) is 0 Å². The van der Waals surface area contributed by atoms with E-state index in [4.69, 9.17) is 18.9 Å². The van der Waals surface area contributed by atoms with Crippen LogP contribution < -0.4 is 30.1 Å². The molecule has 0 fully saturated rings. The molecule has 10 heteroatoms. The molecule has 0 saturated carbocycles. The quantitative estimate of drug-likeness (QED) is 0.159. The van der Waals surface area contributed by atoms with Crippen LogP contribution in [0.25, 0.3) is 23.3 Å². The van der Waals surface area contributed by atoms with E-state index < -0.39 is 18.3 Å². The first kappa shape index (κ1) is 32.3. The molecule has 5 N–H and O–H groups in total. The zero-order valence-electron chi connectivity index (χ0n) is 27.9. The number of ether oxygens (including phenoxy) is 4. The Morgan fingerprint density at radius 1 is 0.940 bits per heavy atom. The molecular formula is C40H40N2O8. The van der Waals surface area contributed by atoms with Crippen LogP contribution >= 0.6 is 0 Å². The van der Waals surface area contributed by atoms with Gasteiger partial charge >= 0.3 is 0 Å². The zero-order valence-corrected chi connectivity index (χ0v) is 27.9. The van der Waals surface area contributed by atoms with Crippen LogP contribution in [0.2, 0.25) is 0 Å². The number of aromatic hydroxyl groups is 2. The van der Waals surface area contributed by atoms with Crippen molar-refractivity contribution in [2.45, 2.75) is 43.0 Å². The van der Waals surface area contributed by atoms with Gasteiger partial charge in [0.1, 0.15) is 29.5 Å². The summed E-state index contributed by atoms with van der Waals surface area (Å²) in [6.07, 6.45) is 5.73. The Hall–Kier alpha value is -4.87. The lowest BCUT2D eigenvalue weighted by Crippen LogP contribution is -2.36. The van der Waals surface area contributed by atoms with E-state index in [1.165, 1.54) is 12.7 Å². The van der Waals surface area contributed by atoms with Gasteiger partial charge in [-0.2, -0.15) is 0 Å². The molecule has 10 nitrogen and oxygen atoms in total. The zero-order chi connectivity index (χ0) is 34.5. The summed E-state index contributed by atoms with van der Waals surface area (Å²) in [5.74, 6) is 1.69. The van der Waals surface area contributed by atoms with Crippen molar-refractivity contribution in [1.29, 1.82) is 0 Å². The lowest BCUT2D eigenvalue weighted by atomic mass is 9.65. The van der Waals surface area contributed by atoms with Crippen molar-refractivity contribution in [3.63, 3.8) is 0 Å². The molecular weight excluding hydrogens is 636 g/mol. The van der Waals surface area contributed by atoms with Crippen molar-refractivity contribution < 1.29 is 39.4 Å². The summed E-state index contributed by atoms with van der Waals surface area (Å²) in [5.41, 5.74) is 7.62. The van der Waals surface area contributed by atoms with E-state index in [1.807, 2.05) is 25.3 Å². The molecule has 0 aromatic heterocycles. The van der Waals surface area contributed by atoms with Crippen molar-refractivity contribution in [3.05, 3.63) is 105 Å². The summed E-state index contributed by atoms with van der Waals surface area (Å²) in [4.78, 5) is 4.59. The minimum Gasteiger partial charge on any atom is -0.507 e. The van der Waals surface area contributed by atoms with E-state index in [9.17, 15) is 20.4 Å². The average Bonchev–Trinajstić information content (AvgIpc) is 3.62. The molecule has 0 unspecified atom stereocenters. The fraction of sp³-hybridized carbons (Fsp3) is 0.325. The van der Waals surface area contributed by atoms with Gasteiger partial charge in [-0.15, -0.1) is 0 Å². The Labute approximate surface area is 289 Å². The van der Waals surface area contributed by atoms with Gasteiger partial charge in [0.15, 0.2) is 17.6 Å². The first-order chi connectivity index (χ1) is 24.4. The van der Waals surface area contributed by atoms with Crippen molar-refractivity contribution in [1.82, 2.24) is 5.32 Å². The third-order valence-electron chi connectivity index (χ3n) is 10.4. The predicted molar refractivity (Wildman–Crippen MR) is 187 cm³/mol. The number of phenolic OH excluding ortho intramolecular Hbond substituents is 2. The standard InChI is InChI=1S/C40H40N2O8/c1-41-20-48-37-16-28-30-15-29-25(21-3-8-31-22(13-21)11-12-42-31)5-6-26-32(45)10-7-27(38(26)29)39(30)36(49-24(18-43)19-44)17-34(28)50-40(37)23-4-9-33(46)35(14-23)47-2/h3-11,13-14,17,24-25,29,37,40-41,43-46H,12,15-16,18-20H2,1-2H3/t25-,29-,37+,40+/m0/s1. The molecule has 0 amide bonds. The Balaban J connectivity index is 1.31. The number of allylic oxidation sites excluding steroid dienone is 1. The number of rotatable bonds is 10. The molecule has 4 aromatic carbocycles. The number of nitrogens with one attached hydrogen (secondary N) is 1. The summed E-state index contributed by atoms with van der Waals surface area (Å²) in [6.45, 7) is 0.239. The monoisotopic (exact) mass is 676 g/mol. The Morgan fingerprint density at radius 3 is 2.56 bits per heavy atom. The van der Waals surface area contributed by atoms with Crippen molar-refractivity contribution in [2.24, 2.45) is 4.99 Å². The van der Waals surface area contributed by atoms with Crippen LogP contribution in [0.1, 0.15) is 51.3 Å². The maximum atomic E-state index is 11.1. The fourth-order valence-corrected chi connectivity index (χ4v) is 8.05. The van der Waals surface area contributed by atoms with E-state index in [-0.39, 0.29) is 36.5 Å². The molecule has 4 atom stereocenters. The maximum Gasteiger partial charge on any atom is 0.160 e. The average molecular weight is 677 g/mol. The molecule has 8 rings (SSSR count). The number of benzene rings is 4. The van der Waals surface area contributed by atoms with E-state index >= 15 is 0 Å². The molecule has 0 spiro atoms. The van der Waals surface area contributed by atoms with Gasteiger partial charge < -0.3 is 39.4 Å². The number of hydrogen-bond acceptors (Lipinski definition) is 10. The summed E-state index contributed by atoms with van der Waals surface area (Å²) >= 11 is 0. The molecule has 0 saturated heterocycles. The van der Waals surface area contributed by atoms with Crippen LogP contribution in [0.5, 0.6) is 28.7 Å². The summed E-state index contributed by atoms with van der Waals surface area (Å²) in [5, 5.41) is 46.8. The SMILES string of the molecule is CNCO[C@@H]1Cc2c(cc(OC(CO)CO)c3c2C[C@@H]2c4c-3ccc(O)c4C=C[C@H]2c2ccc3c(c2)=CCN=3)O[C@@H]1c1ccc(O)c(OC)c1. The second kappa shape index (κ2) is 13.1. The fourth-order valence-electron chi connectivity index (χ4n) is 8.05. The van der Waals surface area contributed by atoms with Crippen LogP contribution in [-0.4, -0.2) is 73.3 Å². The Morgan fingerprint density at radius 2 is 1.76 bits per heavy atom. The van der Waals surface area contributed by atoms with Gasteiger partial charge in [0.05, 0.1) is 39.0 Å². The van der Waals surface area contributed by atoms with Gasteiger partial charge in [0, 0.05) is 35.1 Å². The molecule has 2 aliphatic heterocycles. The van der Waals surface area contributed by atoms with Gasteiger partial charge in [-0.1, -0.05) is 36.4 Å². The highest BCUT2D eigenvalue weighted by molar-refractivity contribution is 5.87. The predicted octanol–water partition coefficient (Wildman–Crippen LogP) is 3.61. The number of phenols is 2. The summed E-state index contributed by atoms with van der Waals surface area (Å²) < 4.78 is 25.0. The molecule has 4 aromatic rings. The molecule has 4 aliphatic rings. The maximum absolute atomic E-state index is 11.1. The summed E-state index contributed by atoms with van der Waals surface area (Å²) in [7, 11) is 3.33. The highest BCUT2D eigenvalue weighted by Crippen LogP contribution is 2.57. The molecule has 0 bridgehead atoms. The topological polar surface area (TPSA) is 142 Å².